The predicted molar refractivity (Wildman–Crippen MR) is 76.8 cm³/mol. The van der Waals surface area contributed by atoms with E-state index in [9.17, 15) is 13.2 Å². The highest BCUT2D eigenvalue weighted by molar-refractivity contribution is 7.89. The molecule has 1 fully saturated rings. The van der Waals surface area contributed by atoms with Crippen LogP contribution in [-0.4, -0.2) is 37.5 Å². The molecule has 0 radical (unpaired) electrons. The fraction of sp³-hybridized carbons (Fsp3) is 0.357. The lowest BCUT2D eigenvalue weighted by atomic mass is 10.2. The SMILES string of the molecule is CCOc1ccc(C=CC(=O)N2CCCS2(=O)=O)cc1. The van der Waals surface area contributed by atoms with Gasteiger partial charge in [-0.05, 0) is 37.1 Å². The maximum atomic E-state index is 11.8. The molecular weight excluding hydrogens is 278 g/mol. The van der Waals surface area contributed by atoms with E-state index in [0.29, 0.717) is 13.0 Å². The molecule has 108 valence electrons. The van der Waals surface area contributed by atoms with E-state index in [1.165, 1.54) is 6.08 Å². The van der Waals surface area contributed by atoms with Crippen LogP contribution in [0.5, 0.6) is 5.75 Å². The van der Waals surface area contributed by atoms with Gasteiger partial charge < -0.3 is 4.74 Å². The molecule has 0 spiro atoms. The van der Waals surface area contributed by atoms with Gasteiger partial charge in [-0.15, -0.1) is 0 Å². The molecule has 0 unspecified atom stereocenters. The lowest BCUT2D eigenvalue weighted by Crippen LogP contribution is -2.30. The number of rotatable bonds is 4. The van der Waals surface area contributed by atoms with Crippen LogP contribution in [0.1, 0.15) is 18.9 Å². The van der Waals surface area contributed by atoms with Crippen molar-refractivity contribution in [3.05, 3.63) is 35.9 Å². The van der Waals surface area contributed by atoms with Crippen molar-refractivity contribution in [1.82, 2.24) is 4.31 Å². The fourth-order valence-corrected chi connectivity index (χ4v) is 3.44. The van der Waals surface area contributed by atoms with Gasteiger partial charge in [0.25, 0.3) is 5.91 Å². The first kappa shape index (κ1) is 14.6. The van der Waals surface area contributed by atoms with Crippen LogP contribution >= 0.6 is 0 Å². The summed E-state index contributed by atoms with van der Waals surface area (Å²) in [5.74, 6) is 0.324. The number of nitrogens with zero attached hydrogens (tertiary/aromatic N) is 1. The molecule has 1 amide bonds. The smallest absolute Gasteiger partial charge is 0.260 e. The maximum Gasteiger partial charge on any atom is 0.260 e. The zero-order valence-corrected chi connectivity index (χ0v) is 12.1. The van der Waals surface area contributed by atoms with Crippen LogP contribution in [0, 0.1) is 0 Å². The number of benzene rings is 1. The monoisotopic (exact) mass is 295 g/mol. The van der Waals surface area contributed by atoms with E-state index < -0.39 is 15.9 Å². The number of carbonyl (C=O) groups excluding carboxylic acids is 1. The normalized spacial score (nSPS) is 17.6. The second kappa shape index (κ2) is 6.09. The molecule has 0 saturated carbocycles. The third-order valence-electron chi connectivity index (χ3n) is 2.95. The number of amides is 1. The van der Waals surface area contributed by atoms with Crippen LogP contribution < -0.4 is 4.74 Å². The number of sulfonamides is 1. The minimum absolute atomic E-state index is 0.0512. The Morgan fingerprint density at radius 1 is 1.35 bits per heavy atom. The predicted octanol–water partition coefficient (Wildman–Crippen LogP) is 1.66. The summed E-state index contributed by atoms with van der Waals surface area (Å²) >= 11 is 0. The molecule has 1 aliphatic rings. The van der Waals surface area contributed by atoms with Crippen molar-refractivity contribution in [2.75, 3.05) is 18.9 Å². The van der Waals surface area contributed by atoms with Crippen LogP contribution in [0.4, 0.5) is 0 Å². The molecule has 0 bridgehead atoms. The third kappa shape index (κ3) is 3.39. The average molecular weight is 295 g/mol. The van der Waals surface area contributed by atoms with Crippen LogP contribution in [0.15, 0.2) is 30.3 Å². The Balaban J connectivity index is 2.04. The van der Waals surface area contributed by atoms with Gasteiger partial charge in [0.15, 0.2) is 0 Å². The minimum atomic E-state index is -3.39. The molecule has 0 N–H and O–H groups in total. The van der Waals surface area contributed by atoms with E-state index in [1.807, 2.05) is 19.1 Å². The Labute approximate surface area is 118 Å². The highest BCUT2D eigenvalue weighted by Gasteiger charge is 2.30. The first-order valence-electron chi connectivity index (χ1n) is 6.48. The van der Waals surface area contributed by atoms with Crippen molar-refractivity contribution in [1.29, 1.82) is 0 Å². The van der Waals surface area contributed by atoms with Gasteiger partial charge in [-0.3, -0.25) is 4.79 Å². The lowest BCUT2D eigenvalue weighted by molar-refractivity contribution is -0.121. The minimum Gasteiger partial charge on any atom is -0.494 e. The van der Waals surface area contributed by atoms with Gasteiger partial charge in [0.05, 0.1) is 12.4 Å². The van der Waals surface area contributed by atoms with Crippen LogP contribution in [0.3, 0.4) is 0 Å². The van der Waals surface area contributed by atoms with Crippen molar-refractivity contribution >= 4 is 22.0 Å². The lowest BCUT2D eigenvalue weighted by Gasteiger charge is -2.11. The first-order valence-corrected chi connectivity index (χ1v) is 8.09. The molecule has 6 heteroatoms. The zero-order chi connectivity index (χ0) is 14.6. The van der Waals surface area contributed by atoms with Gasteiger partial charge in [0.1, 0.15) is 5.75 Å². The van der Waals surface area contributed by atoms with E-state index in [4.69, 9.17) is 4.74 Å². The molecule has 20 heavy (non-hydrogen) atoms. The molecule has 0 aromatic heterocycles. The summed E-state index contributed by atoms with van der Waals surface area (Å²) in [4.78, 5) is 11.8. The van der Waals surface area contributed by atoms with Crippen molar-refractivity contribution < 1.29 is 17.9 Å². The quantitative estimate of drug-likeness (QED) is 0.793. The molecule has 1 heterocycles. The number of ether oxygens (including phenoxy) is 1. The van der Waals surface area contributed by atoms with Crippen LogP contribution in [-0.2, 0) is 14.8 Å². The second-order valence-electron chi connectivity index (χ2n) is 4.42. The van der Waals surface area contributed by atoms with E-state index >= 15 is 0 Å². The van der Waals surface area contributed by atoms with Crippen molar-refractivity contribution in [3.8, 4) is 5.75 Å². The number of hydrogen-bond acceptors (Lipinski definition) is 4. The molecule has 0 aliphatic carbocycles. The molecule has 5 nitrogen and oxygen atoms in total. The van der Waals surface area contributed by atoms with Gasteiger partial charge in [0.2, 0.25) is 10.0 Å². The topological polar surface area (TPSA) is 63.7 Å². The summed E-state index contributed by atoms with van der Waals surface area (Å²) in [6.07, 6.45) is 3.40. The second-order valence-corrected chi connectivity index (χ2v) is 6.43. The van der Waals surface area contributed by atoms with Crippen molar-refractivity contribution in [3.63, 3.8) is 0 Å². The Kier molecular flexibility index (Phi) is 4.44. The molecule has 2 rings (SSSR count). The summed E-state index contributed by atoms with van der Waals surface area (Å²) in [5, 5.41) is 0. The standard InChI is InChI=1S/C14H17NO4S/c1-2-19-13-7-4-12(5-8-13)6-9-14(16)15-10-3-11-20(15,17)18/h4-9H,2-3,10-11H2,1H3. The van der Waals surface area contributed by atoms with E-state index in [2.05, 4.69) is 0 Å². The van der Waals surface area contributed by atoms with Gasteiger partial charge >= 0.3 is 0 Å². The summed E-state index contributed by atoms with van der Waals surface area (Å²) in [7, 11) is -3.39. The number of hydrogen-bond donors (Lipinski definition) is 0. The van der Waals surface area contributed by atoms with Crippen LogP contribution in [0.2, 0.25) is 0 Å². The van der Waals surface area contributed by atoms with E-state index in [-0.39, 0.29) is 12.3 Å². The highest BCUT2D eigenvalue weighted by Crippen LogP contribution is 2.16. The maximum absolute atomic E-state index is 11.8. The Hall–Kier alpha value is -1.82. The molecule has 1 aromatic carbocycles. The molecule has 0 atom stereocenters. The molecule has 1 aliphatic heterocycles. The summed E-state index contributed by atoms with van der Waals surface area (Å²) < 4.78 is 29.4. The fourth-order valence-electron chi connectivity index (χ4n) is 1.98. The molecule has 1 saturated heterocycles. The third-order valence-corrected chi connectivity index (χ3v) is 4.79. The molecule has 1 aromatic rings. The average Bonchev–Trinajstić information content (AvgIpc) is 2.78. The van der Waals surface area contributed by atoms with E-state index in [1.54, 1.807) is 18.2 Å². The van der Waals surface area contributed by atoms with Gasteiger partial charge in [0, 0.05) is 12.6 Å². The Morgan fingerprint density at radius 2 is 2.05 bits per heavy atom. The summed E-state index contributed by atoms with van der Waals surface area (Å²) in [6, 6.07) is 7.24. The van der Waals surface area contributed by atoms with Crippen molar-refractivity contribution in [2.45, 2.75) is 13.3 Å². The Bertz CT molecular complexity index is 605. The number of carbonyl (C=O) groups is 1. The van der Waals surface area contributed by atoms with Crippen molar-refractivity contribution in [2.24, 2.45) is 0 Å². The van der Waals surface area contributed by atoms with Gasteiger partial charge in [-0.25, -0.2) is 12.7 Å². The zero-order valence-electron chi connectivity index (χ0n) is 11.3. The summed E-state index contributed by atoms with van der Waals surface area (Å²) in [5.41, 5.74) is 0.818. The van der Waals surface area contributed by atoms with Crippen LogP contribution in [0.25, 0.3) is 6.08 Å². The Morgan fingerprint density at radius 3 is 2.60 bits per heavy atom. The largest absolute Gasteiger partial charge is 0.494 e. The van der Waals surface area contributed by atoms with Gasteiger partial charge in [-0.2, -0.15) is 0 Å². The van der Waals surface area contributed by atoms with Gasteiger partial charge in [-0.1, -0.05) is 12.1 Å². The van der Waals surface area contributed by atoms with E-state index in [0.717, 1.165) is 15.6 Å². The first-order chi connectivity index (χ1) is 9.53. The highest BCUT2D eigenvalue weighted by atomic mass is 32.2. The summed E-state index contributed by atoms with van der Waals surface area (Å²) in [6.45, 7) is 2.78. The molecular formula is C14H17NO4S.